The van der Waals surface area contributed by atoms with Gasteiger partial charge in [0.2, 0.25) is 0 Å². The highest BCUT2D eigenvalue weighted by molar-refractivity contribution is 7.91. The molecule has 3 aromatic carbocycles. The fourth-order valence-corrected chi connectivity index (χ4v) is 3.55. The second-order valence-corrected chi connectivity index (χ2v) is 8.76. The van der Waals surface area contributed by atoms with Crippen molar-refractivity contribution in [2.45, 2.75) is 18.4 Å². The van der Waals surface area contributed by atoms with Gasteiger partial charge in [0.15, 0.2) is 9.84 Å². The summed E-state index contributed by atoms with van der Waals surface area (Å²) in [6.07, 6.45) is 0. The number of nitrogens with one attached hydrogen (secondary N) is 1. The Kier molecular flexibility index (Phi) is 6.37. The number of rotatable bonds is 7. The Morgan fingerprint density at radius 3 is 2.50 bits per heavy atom. The number of carbonyl (C=O) groups excluding carboxylic acids is 1. The van der Waals surface area contributed by atoms with E-state index < -0.39 is 15.7 Å². The van der Waals surface area contributed by atoms with Gasteiger partial charge in [0.25, 0.3) is 5.91 Å². The van der Waals surface area contributed by atoms with Gasteiger partial charge in [0.05, 0.1) is 16.3 Å². The molecule has 3 rings (SSSR count). The average molecular weight is 429 g/mol. The molecular weight excluding hydrogens is 409 g/mol. The monoisotopic (exact) mass is 429 g/mol. The number of carbonyl (C=O) groups is 1. The Bertz CT molecular complexity index is 1160. The molecule has 0 aromatic heterocycles. The van der Waals surface area contributed by atoms with E-state index in [2.05, 4.69) is 5.32 Å². The zero-order chi connectivity index (χ0) is 21.7. The van der Waals surface area contributed by atoms with E-state index in [9.17, 15) is 22.7 Å². The number of hydrogen-bond acceptors (Lipinski definition) is 5. The third-order valence-electron chi connectivity index (χ3n) is 4.37. The van der Waals surface area contributed by atoms with E-state index >= 15 is 0 Å². The third kappa shape index (κ3) is 5.15. The summed E-state index contributed by atoms with van der Waals surface area (Å²) < 4.78 is 42.7. The van der Waals surface area contributed by atoms with E-state index in [0.29, 0.717) is 5.75 Å². The normalized spacial score (nSPS) is 11.1. The highest BCUT2D eigenvalue weighted by atomic mass is 32.2. The summed E-state index contributed by atoms with van der Waals surface area (Å²) in [4.78, 5) is 12.6. The average Bonchev–Trinajstić information content (AvgIpc) is 2.75. The molecule has 8 heteroatoms. The van der Waals surface area contributed by atoms with Crippen molar-refractivity contribution in [1.29, 1.82) is 0 Å². The molecule has 1 amide bonds. The molecule has 0 saturated heterocycles. The number of hydrogen-bond donors (Lipinski definition) is 2. The van der Waals surface area contributed by atoms with Crippen molar-refractivity contribution in [1.82, 2.24) is 0 Å². The van der Waals surface area contributed by atoms with Crippen molar-refractivity contribution in [3.05, 3.63) is 83.7 Å². The number of aromatic hydroxyl groups is 1. The van der Waals surface area contributed by atoms with Crippen molar-refractivity contribution in [2.75, 3.05) is 11.1 Å². The van der Waals surface area contributed by atoms with Crippen LogP contribution in [0.3, 0.4) is 0 Å². The number of amides is 1. The molecule has 0 fully saturated rings. The van der Waals surface area contributed by atoms with Crippen LogP contribution in [-0.2, 0) is 16.4 Å². The fourth-order valence-electron chi connectivity index (χ4n) is 2.64. The Balaban J connectivity index is 1.74. The highest BCUT2D eigenvalue weighted by Gasteiger charge is 2.16. The van der Waals surface area contributed by atoms with Gasteiger partial charge in [0, 0.05) is 5.56 Å². The summed E-state index contributed by atoms with van der Waals surface area (Å²) in [7, 11) is -3.49. The molecule has 0 atom stereocenters. The molecule has 0 aliphatic rings. The van der Waals surface area contributed by atoms with Gasteiger partial charge in [-0.2, -0.15) is 0 Å². The van der Waals surface area contributed by atoms with Crippen LogP contribution in [0.4, 0.5) is 10.1 Å². The van der Waals surface area contributed by atoms with E-state index in [0.717, 1.165) is 5.56 Å². The molecular formula is C22H20FNO5S. The second-order valence-electron chi connectivity index (χ2n) is 6.48. The lowest BCUT2D eigenvalue weighted by Crippen LogP contribution is -2.13. The van der Waals surface area contributed by atoms with Gasteiger partial charge in [-0.15, -0.1) is 0 Å². The molecule has 30 heavy (non-hydrogen) atoms. The van der Waals surface area contributed by atoms with E-state index in [-0.39, 0.29) is 40.1 Å². The first-order valence-corrected chi connectivity index (χ1v) is 10.8. The summed E-state index contributed by atoms with van der Waals surface area (Å²) in [5.41, 5.74) is 1.02. The summed E-state index contributed by atoms with van der Waals surface area (Å²) in [6, 6.07) is 16.0. The Morgan fingerprint density at radius 2 is 1.80 bits per heavy atom. The SMILES string of the molecule is CCS(=O)(=O)c1ccc(O)c(NC(=O)c2cccc(OCc3ccc(F)cc3)c2)c1. The van der Waals surface area contributed by atoms with Crippen molar-refractivity contribution < 1.29 is 27.4 Å². The molecule has 2 N–H and O–H groups in total. The first kappa shape index (κ1) is 21.3. The maximum atomic E-state index is 13.0. The zero-order valence-electron chi connectivity index (χ0n) is 16.1. The number of ether oxygens (including phenoxy) is 1. The Morgan fingerprint density at radius 1 is 1.07 bits per heavy atom. The first-order valence-electron chi connectivity index (χ1n) is 9.13. The molecule has 3 aromatic rings. The van der Waals surface area contributed by atoms with Crippen LogP contribution < -0.4 is 10.1 Å². The van der Waals surface area contributed by atoms with Crippen LogP contribution in [0.5, 0.6) is 11.5 Å². The number of anilines is 1. The lowest BCUT2D eigenvalue weighted by atomic mass is 10.2. The van der Waals surface area contributed by atoms with Gasteiger partial charge in [0.1, 0.15) is 23.9 Å². The predicted octanol–water partition coefficient (Wildman–Crippen LogP) is 4.16. The van der Waals surface area contributed by atoms with Gasteiger partial charge in [-0.25, -0.2) is 12.8 Å². The molecule has 0 spiro atoms. The van der Waals surface area contributed by atoms with Crippen LogP contribution in [-0.4, -0.2) is 25.2 Å². The fraction of sp³-hybridized carbons (Fsp3) is 0.136. The van der Waals surface area contributed by atoms with E-state index in [1.807, 2.05) is 0 Å². The van der Waals surface area contributed by atoms with E-state index in [4.69, 9.17) is 4.74 Å². The summed E-state index contributed by atoms with van der Waals surface area (Å²) in [5, 5.41) is 12.5. The third-order valence-corrected chi connectivity index (χ3v) is 6.10. The maximum absolute atomic E-state index is 13.0. The van der Waals surface area contributed by atoms with Crippen molar-refractivity contribution in [2.24, 2.45) is 0 Å². The first-order chi connectivity index (χ1) is 14.3. The molecule has 0 aliphatic carbocycles. The van der Waals surface area contributed by atoms with Crippen molar-refractivity contribution in [3.8, 4) is 11.5 Å². The van der Waals surface area contributed by atoms with Gasteiger partial charge >= 0.3 is 0 Å². The van der Waals surface area contributed by atoms with Gasteiger partial charge in [-0.3, -0.25) is 4.79 Å². The molecule has 156 valence electrons. The van der Waals surface area contributed by atoms with Crippen molar-refractivity contribution >= 4 is 21.4 Å². The van der Waals surface area contributed by atoms with Crippen LogP contribution >= 0.6 is 0 Å². The quantitative estimate of drug-likeness (QED) is 0.550. The molecule has 6 nitrogen and oxygen atoms in total. The number of benzene rings is 3. The predicted molar refractivity (Wildman–Crippen MR) is 111 cm³/mol. The molecule has 0 saturated carbocycles. The molecule has 0 unspecified atom stereocenters. The number of sulfone groups is 1. The van der Waals surface area contributed by atoms with Gasteiger partial charge in [-0.1, -0.05) is 25.1 Å². The molecule has 0 radical (unpaired) electrons. The standard InChI is InChI=1S/C22H20FNO5S/c1-2-30(27,28)19-10-11-21(25)20(13-19)24-22(26)16-4-3-5-18(12-16)29-14-15-6-8-17(23)9-7-15/h3-13,25H,2,14H2,1H3,(H,24,26). The summed E-state index contributed by atoms with van der Waals surface area (Å²) >= 11 is 0. The van der Waals surface area contributed by atoms with Crippen LogP contribution in [0.2, 0.25) is 0 Å². The van der Waals surface area contributed by atoms with Crippen LogP contribution in [0.25, 0.3) is 0 Å². The molecule has 0 aliphatic heterocycles. The van der Waals surface area contributed by atoms with Crippen molar-refractivity contribution in [3.63, 3.8) is 0 Å². The summed E-state index contributed by atoms with van der Waals surface area (Å²) in [5.74, 6) is -0.792. The van der Waals surface area contributed by atoms with Crippen LogP contribution in [0.15, 0.2) is 71.6 Å². The Hall–Kier alpha value is -3.39. The minimum absolute atomic E-state index is 0.00726. The second kappa shape index (κ2) is 8.96. The maximum Gasteiger partial charge on any atom is 0.255 e. The zero-order valence-corrected chi connectivity index (χ0v) is 16.9. The Labute approximate surface area is 173 Å². The smallest absolute Gasteiger partial charge is 0.255 e. The van der Waals surface area contributed by atoms with E-state index in [1.165, 1.54) is 43.3 Å². The minimum Gasteiger partial charge on any atom is -0.506 e. The van der Waals surface area contributed by atoms with Gasteiger partial charge < -0.3 is 15.2 Å². The number of phenolic OH excluding ortho intramolecular Hbond substituents is 1. The van der Waals surface area contributed by atoms with E-state index in [1.54, 1.807) is 30.3 Å². The summed E-state index contributed by atoms with van der Waals surface area (Å²) in [6.45, 7) is 1.71. The van der Waals surface area contributed by atoms with Gasteiger partial charge in [-0.05, 0) is 54.1 Å². The highest BCUT2D eigenvalue weighted by Crippen LogP contribution is 2.28. The topological polar surface area (TPSA) is 92.7 Å². The minimum atomic E-state index is -3.49. The number of halogens is 1. The molecule has 0 heterocycles. The lowest BCUT2D eigenvalue weighted by Gasteiger charge is -2.11. The van der Waals surface area contributed by atoms with Crippen LogP contribution in [0.1, 0.15) is 22.8 Å². The number of phenols is 1. The lowest BCUT2D eigenvalue weighted by molar-refractivity contribution is 0.102. The van der Waals surface area contributed by atoms with Crippen LogP contribution in [0, 0.1) is 5.82 Å². The largest absolute Gasteiger partial charge is 0.506 e. The molecule has 0 bridgehead atoms.